The molecular weight excluding hydrogens is 476 g/mol. The minimum atomic E-state index is -0.611. The minimum absolute atomic E-state index is 0.0722. The van der Waals surface area contributed by atoms with E-state index in [0.29, 0.717) is 66.7 Å². The maximum absolute atomic E-state index is 13.8. The third-order valence-corrected chi connectivity index (χ3v) is 6.90. The summed E-state index contributed by atoms with van der Waals surface area (Å²) in [5.74, 6) is 1.49. The van der Waals surface area contributed by atoms with Gasteiger partial charge in [0, 0.05) is 32.2 Å². The standard InChI is InChI=1S/C28H32N2O7/c1-4-13-36-21-8-5-18(16-23(21)34-3)25-24-26(31)20-7-6-19(33-2)17-22(20)37-27(24)28(32)30(25)10-9-29-11-14-35-15-12-29/h5-8,16-17,25H,4,9-15H2,1-3H3. The van der Waals surface area contributed by atoms with E-state index in [-0.39, 0.29) is 17.1 Å². The number of methoxy groups -OCH3 is 2. The van der Waals surface area contributed by atoms with Crippen molar-refractivity contribution in [2.45, 2.75) is 19.4 Å². The zero-order valence-corrected chi connectivity index (χ0v) is 21.5. The Morgan fingerprint density at radius 1 is 0.973 bits per heavy atom. The number of nitrogens with zero attached hydrogens (tertiary/aromatic N) is 2. The van der Waals surface area contributed by atoms with Crippen LogP contribution in [0.15, 0.2) is 45.6 Å². The third-order valence-electron chi connectivity index (χ3n) is 6.90. The minimum Gasteiger partial charge on any atom is -0.497 e. The van der Waals surface area contributed by atoms with Crippen molar-refractivity contribution in [1.82, 2.24) is 9.80 Å². The van der Waals surface area contributed by atoms with Crippen molar-refractivity contribution in [2.75, 3.05) is 60.2 Å². The van der Waals surface area contributed by atoms with Crippen molar-refractivity contribution < 1.29 is 28.2 Å². The fourth-order valence-corrected chi connectivity index (χ4v) is 4.96. The highest BCUT2D eigenvalue weighted by molar-refractivity contribution is 5.99. The molecule has 1 atom stereocenters. The number of benzene rings is 2. The number of carbonyl (C=O) groups excluding carboxylic acids is 1. The number of fused-ring (bicyclic) bond motifs is 2. The van der Waals surface area contributed by atoms with Gasteiger partial charge in [0.05, 0.1) is 51.0 Å². The SMILES string of the molecule is CCCOc1ccc(C2c3c(oc4cc(OC)ccc4c3=O)C(=O)N2CCN2CCOCC2)cc1OC. The van der Waals surface area contributed by atoms with E-state index in [1.54, 1.807) is 37.3 Å². The van der Waals surface area contributed by atoms with Gasteiger partial charge in [-0.3, -0.25) is 14.5 Å². The van der Waals surface area contributed by atoms with Crippen LogP contribution < -0.4 is 19.6 Å². The molecule has 5 rings (SSSR count). The number of hydrogen-bond donors (Lipinski definition) is 0. The molecule has 1 fully saturated rings. The highest BCUT2D eigenvalue weighted by Gasteiger charge is 2.43. The second kappa shape index (κ2) is 10.8. The molecule has 0 saturated carbocycles. The van der Waals surface area contributed by atoms with E-state index in [2.05, 4.69) is 4.90 Å². The summed E-state index contributed by atoms with van der Waals surface area (Å²) >= 11 is 0. The van der Waals surface area contributed by atoms with E-state index in [1.165, 1.54) is 0 Å². The lowest BCUT2D eigenvalue weighted by Gasteiger charge is -2.31. The highest BCUT2D eigenvalue weighted by atomic mass is 16.5. The Bertz CT molecular complexity index is 1350. The van der Waals surface area contributed by atoms with Crippen LogP contribution in [0.2, 0.25) is 0 Å². The lowest BCUT2D eigenvalue weighted by molar-refractivity contribution is 0.0314. The molecule has 0 radical (unpaired) electrons. The van der Waals surface area contributed by atoms with Crippen molar-refractivity contribution >= 4 is 16.9 Å². The van der Waals surface area contributed by atoms with E-state index < -0.39 is 6.04 Å². The Balaban J connectivity index is 1.60. The van der Waals surface area contributed by atoms with Gasteiger partial charge in [0.1, 0.15) is 11.3 Å². The predicted molar refractivity (Wildman–Crippen MR) is 138 cm³/mol. The van der Waals surface area contributed by atoms with Crippen LogP contribution in [-0.4, -0.2) is 75.9 Å². The van der Waals surface area contributed by atoms with E-state index in [0.717, 1.165) is 25.1 Å². The first-order valence-corrected chi connectivity index (χ1v) is 12.6. The van der Waals surface area contributed by atoms with Gasteiger partial charge in [-0.05, 0) is 36.2 Å². The normalized spacial score (nSPS) is 17.8. The molecule has 37 heavy (non-hydrogen) atoms. The molecule has 1 saturated heterocycles. The largest absolute Gasteiger partial charge is 0.497 e. The second-order valence-electron chi connectivity index (χ2n) is 9.15. The fourth-order valence-electron chi connectivity index (χ4n) is 4.96. The average Bonchev–Trinajstić information content (AvgIpc) is 3.22. The lowest BCUT2D eigenvalue weighted by Crippen LogP contribution is -2.42. The Kier molecular flexibility index (Phi) is 7.34. The molecule has 2 aliphatic heterocycles. The summed E-state index contributed by atoms with van der Waals surface area (Å²) in [6, 6.07) is 9.99. The maximum atomic E-state index is 13.8. The molecule has 0 N–H and O–H groups in total. The Morgan fingerprint density at radius 2 is 1.78 bits per heavy atom. The number of rotatable bonds is 9. The van der Waals surface area contributed by atoms with Gasteiger partial charge in [-0.2, -0.15) is 0 Å². The van der Waals surface area contributed by atoms with Crippen molar-refractivity contribution in [3.8, 4) is 17.2 Å². The lowest BCUT2D eigenvalue weighted by atomic mass is 9.98. The smallest absolute Gasteiger partial charge is 0.290 e. The molecule has 3 heterocycles. The number of ether oxygens (including phenoxy) is 4. The second-order valence-corrected chi connectivity index (χ2v) is 9.15. The van der Waals surface area contributed by atoms with Crippen LogP contribution in [-0.2, 0) is 4.74 Å². The predicted octanol–water partition coefficient (Wildman–Crippen LogP) is 3.48. The summed E-state index contributed by atoms with van der Waals surface area (Å²) in [6.07, 6.45) is 0.865. The Labute approximate surface area is 215 Å². The van der Waals surface area contributed by atoms with Gasteiger partial charge in [-0.1, -0.05) is 13.0 Å². The maximum Gasteiger partial charge on any atom is 0.290 e. The van der Waals surface area contributed by atoms with Crippen LogP contribution in [0.4, 0.5) is 0 Å². The molecule has 0 spiro atoms. The fraction of sp³-hybridized carbons (Fsp3) is 0.429. The Hall–Kier alpha value is -3.56. The van der Waals surface area contributed by atoms with E-state index in [9.17, 15) is 9.59 Å². The molecule has 1 amide bonds. The van der Waals surface area contributed by atoms with E-state index in [4.69, 9.17) is 23.4 Å². The van der Waals surface area contributed by atoms with Gasteiger partial charge < -0.3 is 28.3 Å². The van der Waals surface area contributed by atoms with Gasteiger partial charge in [0.25, 0.3) is 5.91 Å². The van der Waals surface area contributed by atoms with Crippen LogP contribution in [0, 0.1) is 0 Å². The first-order chi connectivity index (χ1) is 18.0. The molecule has 0 aliphatic carbocycles. The summed E-state index contributed by atoms with van der Waals surface area (Å²) in [5.41, 5.74) is 1.20. The quantitative estimate of drug-likeness (QED) is 0.434. The molecule has 9 nitrogen and oxygen atoms in total. The number of hydrogen-bond acceptors (Lipinski definition) is 8. The van der Waals surface area contributed by atoms with Crippen molar-refractivity contribution in [3.05, 3.63) is 63.5 Å². The van der Waals surface area contributed by atoms with Gasteiger partial charge in [-0.15, -0.1) is 0 Å². The Morgan fingerprint density at radius 3 is 2.51 bits per heavy atom. The average molecular weight is 509 g/mol. The van der Waals surface area contributed by atoms with E-state index in [1.807, 2.05) is 25.1 Å². The molecule has 2 aromatic carbocycles. The molecule has 3 aromatic rings. The first kappa shape index (κ1) is 25.1. The van der Waals surface area contributed by atoms with Gasteiger partial charge in [0.2, 0.25) is 5.76 Å². The van der Waals surface area contributed by atoms with Crippen LogP contribution in [0.25, 0.3) is 11.0 Å². The zero-order chi connectivity index (χ0) is 25.9. The summed E-state index contributed by atoms with van der Waals surface area (Å²) in [5, 5.41) is 0.405. The summed E-state index contributed by atoms with van der Waals surface area (Å²) in [6.45, 7) is 6.63. The molecule has 1 aromatic heterocycles. The zero-order valence-electron chi connectivity index (χ0n) is 21.5. The summed E-state index contributed by atoms with van der Waals surface area (Å²) in [4.78, 5) is 31.5. The first-order valence-electron chi connectivity index (χ1n) is 12.6. The number of morpholine rings is 1. The van der Waals surface area contributed by atoms with Crippen LogP contribution in [0.5, 0.6) is 17.2 Å². The van der Waals surface area contributed by atoms with Crippen molar-refractivity contribution in [2.24, 2.45) is 0 Å². The molecular formula is C28H32N2O7. The van der Waals surface area contributed by atoms with Crippen LogP contribution in [0.3, 0.4) is 0 Å². The van der Waals surface area contributed by atoms with Gasteiger partial charge >= 0.3 is 0 Å². The van der Waals surface area contributed by atoms with Gasteiger partial charge in [-0.25, -0.2) is 0 Å². The number of carbonyl (C=O) groups is 1. The molecule has 9 heteroatoms. The van der Waals surface area contributed by atoms with E-state index >= 15 is 0 Å². The van der Waals surface area contributed by atoms with Crippen LogP contribution in [0.1, 0.15) is 41.1 Å². The topological polar surface area (TPSA) is 90.7 Å². The van der Waals surface area contributed by atoms with Crippen molar-refractivity contribution in [1.29, 1.82) is 0 Å². The highest BCUT2D eigenvalue weighted by Crippen LogP contribution is 2.41. The van der Waals surface area contributed by atoms with Crippen LogP contribution >= 0.6 is 0 Å². The molecule has 196 valence electrons. The monoisotopic (exact) mass is 508 g/mol. The van der Waals surface area contributed by atoms with Gasteiger partial charge in [0.15, 0.2) is 16.9 Å². The molecule has 2 aliphatic rings. The molecule has 0 bridgehead atoms. The molecule has 1 unspecified atom stereocenters. The number of amides is 1. The summed E-state index contributed by atoms with van der Waals surface area (Å²) < 4.78 is 28.3. The van der Waals surface area contributed by atoms with Crippen molar-refractivity contribution in [3.63, 3.8) is 0 Å². The summed E-state index contributed by atoms with van der Waals surface area (Å²) in [7, 11) is 3.12. The third kappa shape index (κ3) is 4.76.